The van der Waals surface area contributed by atoms with E-state index in [1.165, 1.54) is 12.1 Å². The predicted molar refractivity (Wildman–Crippen MR) is 135 cm³/mol. The molecule has 0 fully saturated rings. The van der Waals surface area contributed by atoms with Crippen LogP contribution in [-0.2, 0) is 4.79 Å². The van der Waals surface area contributed by atoms with E-state index in [2.05, 4.69) is 15.9 Å². The van der Waals surface area contributed by atoms with Crippen LogP contribution in [0, 0.1) is 10.1 Å². The Balaban J connectivity index is 1.51. The second kappa shape index (κ2) is 8.96. The summed E-state index contributed by atoms with van der Waals surface area (Å²) in [7, 11) is 0. The second-order valence-electron chi connectivity index (χ2n) is 7.62. The molecule has 0 spiro atoms. The van der Waals surface area contributed by atoms with Gasteiger partial charge in [-0.15, -0.1) is 0 Å². The fourth-order valence-electron chi connectivity index (χ4n) is 3.79. The molecule has 1 amide bonds. The molecule has 0 saturated carbocycles. The van der Waals surface area contributed by atoms with Crippen LogP contribution >= 0.6 is 15.9 Å². The molecule has 4 aromatic rings. The third kappa shape index (κ3) is 4.21. The number of rotatable bonds is 5. The van der Waals surface area contributed by atoms with Gasteiger partial charge in [-0.3, -0.25) is 19.8 Å². The smallest absolute Gasteiger partial charge is 0.269 e. The van der Waals surface area contributed by atoms with Gasteiger partial charge in [0, 0.05) is 27.7 Å². The van der Waals surface area contributed by atoms with Crippen molar-refractivity contribution in [1.29, 1.82) is 0 Å². The van der Waals surface area contributed by atoms with Crippen LogP contribution in [0.1, 0.15) is 11.3 Å². The van der Waals surface area contributed by atoms with Gasteiger partial charge in [-0.05, 0) is 60.2 Å². The summed E-state index contributed by atoms with van der Waals surface area (Å²) in [6, 6.07) is 27.0. The highest BCUT2D eigenvalue weighted by Crippen LogP contribution is 2.36. The molecule has 5 rings (SSSR count). The number of hydrogen-bond acceptors (Lipinski definition) is 4. The van der Waals surface area contributed by atoms with E-state index in [0.29, 0.717) is 22.7 Å². The first-order chi connectivity index (χ1) is 16.5. The van der Waals surface area contributed by atoms with E-state index in [0.717, 1.165) is 21.4 Å². The molecule has 0 atom stereocenters. The third-order valence-corrected chi connectivity index (χ3v) is 5.90. The zero-order valence-electron chi connectivity index (χ0n) is 17.7. The summed E-state index contributed by atoms with van der Waals surface area (Å²) in [5.41, 5.74) is 3.67. The number of hydrogen-bond donors (Lipinski definition) is 0. The molecule has 1 aliphatic heterocycles. The van der Waals surface area contributed by atoms with Crippen LogP contribution in [0.5, 0.6) is 0 Å². The fraction of sp³-hybridized carbons (Fsp3) is 0. The van der Waals surface area contributed by atoms with E-state index in [-0.39, 0.29) is 11.6 Å². The number of benzene rings is 3. The first kappa shape index (κ1) is 21.6. The number of amides is 1. The highest BCUT2D eigenvalue weighted by molar-refractivity contribution is 9.10. The van der Waals surface area contributed by atoms with Crippen molar-refractivity contribution in [1.82, 2.24) is 0 Å². The second-order valence-corrected chi connectivity index (χ2v) is 8.54. The van der Waals surface area contributed by atoms with Crippen LogP contribution in [0.4, 0.5) is 11.4 Å². The highest BCUT2D eigenvalue weighted by Gasteiger charge is 2.30. The van der Waals surface area contributed by atoms with Crippen LogP contribution in [0.25, 0.3) is 23.1 Å². The SMILES string of the molecule is O=C1/C(=C/c2ccc(-c3ccc([N+](=O)[O-])cc3)o2)C=C(c2ccccc2)N1c1cccc(Br)c1. The normalized spacial score (nSPS) is 14.5. The zero-order valence-corrected chi connectivity index (χ0v) is 19.3. The number of carbonyl (C=O) groups excluding carboxylic acids is 1. The van der Waals surface area contributed by atoms with Gasteiger partial charge < -0.3 is 4.42 Å². The highest BCUT2D eigenvalue weighted by atomic mass is 79.9. The van der Waals surface area contributed by atoms with Crippen molar-refractivity contribution in [2.45, 2.75) is 0 Å². The van der Waals surface area contributed by atoms with Crippen LogP contribution in [0.15, 0.2) is 112 Å². The number of furan rings is 1. The van der Waals surface area contributed by atoms with Crippen LogP contribution in [0.3, 0.4) is 0 Å². The molecule has 0 N–H and O–H groups in total. The third-order valence-electron chi connectivity index (χ3n) is 5.41. The van der Waals surface area contributed by atoms with Gasteiger partial charge in [-0.1, -0.05) is 52.3 Å². The van der Waals surface area contributed by atoms with E-state index >= 15 is 0 Å². The Labute approximate surface area is 203 Å². The van der Waals surface area contributed by atoms with Gasteiger partial charge in [0.25, 0.3) is 11.6 Å². The average Bonchev–Trinajstić information content (AvgIpc) is 3.45. The molecule has 6 nitrogen and oxygen atoms in total. The number of carbonyl (C=O) groups is 1. The van der Waals surface area contributed by atoms with Crippen molar-refractivity contribution >= 4 is 45.0 Å². The standard InChI is InChI=1S/C27H17BrN2O4/c28-21-7-4-8-23(17-21)29-25(18-5-2-1-3-6-18)16-20(27(29)31)15-24-13-14-26(34-24)19-9-11-22(12-10-19)30(32)33/h1-17H/b20-15+. The summed E-state index contributed by atoms with van der Waals surface area (Å²) in [5.74, 6) is 0.907. The van der Waals surface area contributed by atoms with E-state index in [1.54, 1.807) is 35.2 Å². The minimum atomic E-state index is -0.443. The lowest BCUT2D eigenvalue weighted by Gasteiger charge is -2.21. The van der Waals surface area contributed by atoms with Gasteiger partial charge in [-0.2, -0.15) is 0 Å². The van der Waals surface area contributed by atoms with E-state index in [9.17, 15) is 14.9 Å². The molecule has 7 heteroatoms. The van der Waals surface area contributed by atoms with Crippen molar-refractivity contribution in [2.75, 3.05) is 4.90 Å². The minimum Gasteiger partial charge on any atom is -0.457 e. The fourth-order valence-corrected chi connectivity index (χ4v) is 4.18. The Hall–Kier alpha value is -4.23. The first-order valence-electron chi connectivity index (χ1n) is 10.4. The maximum atomic E-state index is 13.5. The molecule has 0 unspecified atom stereocenters. The Bertz CT molecular complexity index is 1450. The van der Waals surface area contributed by atoms with Crippen molar-refractivity contribution in [3.63, 3.8) is 0 Å². The summed E-state index contributed by atoms with van der Waals surface area (Å²) >= 11 is 3.49. The Kier molecular flexibility index (Phi) is 5.69. The summed E-state index contributed by atoms with van der Waals surface area (Å²) in [5, 5.41) is 10.9. The molecular weight excluding hydrogens is 496 g/mol. The van der Waals surface area contributed by atoms with Crippen molar-refractivity contribution in [3.05, 3.63) is 129 Å². The van der Waals surface area contributed by atoms with E-state index < -0.39 is 4.92 Å². The number of nitrogens with zero attached hydrogens (tertiary/aromatic N) is 2. The number of nitro benzene ring substituents is 1. The summed E-state index contributed by atoms with van der Waals surface area (Å²) < 4.78 is 6.80. The lowest BCUT2D eigenvalue weighted by atomic mass is 10.1. The zero-order chi connectivity index (χ0) is 23.7. The summed E-state index contributed by atoms with van der Waals surface area (Å²) in [6.07, 6.45) is 3.56. The largest absolute Gasteiger partial charge is 0.457 e. The van der Waals surface area contributed by atoms with Crippen molar-refractivity contribution in [2.24, 2.45) is 0 Å². The quantitative estimate of drug-likeness (QED) is 0.162. The van der Waals surface area contributed by atoms with Gasteiger partial charge in [0.05, 0.1) is 16.3 Å². The molecule has 0 saturated heterocycles. The van der Waals surface area contributed by atoms with Gasteiger partial charge >= 0.3 is 0 Å². The molecule has 0 radical (unpaired) electrons. The number of halogens is 1. The maximum Gasteiger partial charge on any atom is 0.269 e. The van der Waals surface area contributed by atoms with Crippen LogP contribution in [-0.4, -0.2) is 10.8 Å². The van der Waals surface area contributed by atoms with E-state index in [4.69, 9.17) is 4.42 Å². The average molecular weight is 513 g/mol. The molecule has 1 aromatic heterocycles. The molecule has 0 bridgehead atoms. The number of anilines is 1. The molecule has 0 aliphatic carbocycles. The molecule has 2 heterocycles. The lowest BCUT2D eigenvalue weighted by Crippen LogP contribution is -2.24. The first-order valence-corrected chi connectivity index (χ1v) is 11.2. The lowest BCUT2D eigenvalue weighted by molar-refractivity contribution is -0.384. The molecule has 34 heavy (non-hydrogen) atoms. The Morgan fingerprint density at radius 2 is 1.65 bits per heavy atom. The van der Waals surface area contributed by atoms with Crippen molar-refractivity contribution in [3.8, 4) is 11.3 Å². The topological polar surface area (TPSA) is 76.6 Å². The molecule has 1 aliphatic rings. The Morgan fingerprint density at radius 3 is 2.35 bits per heavy atom. The Morgan fingerprint density at radius 1 is 0.882 bits per heavy atom. The van der Waals surface area contributed by atoms with E-state index in [1.807, 2.05) is 60.7 Å². The monoisotopic (exact) mass is 512 g/mol. The maximum absolute atomic E-state index is 13.5. The molecule has 3 aromatic carbocycles. The van der Waals surface area contributed by atoms with Crippen LogP contribution < -0.4 is 4.90 Å². The molecule has 166 valence electrons. The van der Waals surface area contributed by atoms with Gasteiger partial charge in [0.2, 0.25) is 0 Å². The number of nitro groups is 1. The summed E-state index contributed by atoms with van der Waals surface area (Å²) in [6.45, 7) is 0. The van der Waals surface area contributed by atoms with Gasteiger partial charge in [0.15, 0.2) is 0 Å². The van der Waals surface area contributed by atoms with Gasteiger partial charge in [0.1, 0.15) is 11.5 Å². The molecular formula is C27H17BrN2O4. The minimum absolute atomic E-state index is 0.0143. The van der Waals surface area contributed by atoms with Gasteiger partial charge in [-0.25, -0.2) is 0 Å². The van der Waals surface area contributed by atoms with Crippen molar-refractivity contribution < 1.29 is 14.1 Å². The summed E-state index contributed by atoms with van der Waals surface area (Å²) in [4.78, 5) is 25.6. The number of non-ortho nitro benzene ring substituents is 1. The predicted octanol–water partition coefficient (Wildman–Crippen LogP) is 7.09. The van der Waals surface area contributed by atoms with Crippen LogP contribution in [0.2, 0.25) is 0 Å².